The Hall–Kier alpha value is -3.79. The van der Waals surface area contributed by atoms with E-state index in [4.69, 9.17) is 37.7 Å². The van der Waals surface area contributed by atoms with Gasteiger partial charge in [0.1, 0.15) is 0 Å². The molecular weight excluding hydrogens is 563 g/mol. The van der Waals surface area contributed by atoms with Gasteiger partial charge in [0, 0.05) is 40.8 Å². The van der Waals surface area contributed by atoms with Gasteiger partial charge in [0.15, 0.2) is 5.75 Å². The number of esters is 1. The lowest BCUT2D eigenvalue weighted by Gasteiger charge is -2.31. The largest absolute Gasteiger partial charge is 0.469 e. The van der Waals surface area contributed by atoms with Crippen molar-refractivity contribution in [2.24, 2.45) is 5.92 Å². The SMILES string of the molecule is COC(=O)CC1CCN(Cc2cc(Oc3cnc(NCc4ccccn4)nc3)nc(-c3cc(Cl)cc(Cl)c3)c2)CC1. The predicted molar refractivity (Wildman–Crippen MR) is 158 cm³/mol. The summed E-state index contributed by atoms with van der Waals surface area (Å²) in [6.07, 6.45) is 7.30. The molecule has 1 aliphatic heterocycles. The van der Waals surface area contributed by atoms with Gasteiger partial charge in [0.25, 0.3) is 0 Å². The lowest BCUT2D eigenvalue weighted by atomic mass is 9.93. The van der Waals surface area contributed by atoms with Crippen molar-refractivity contribution in [3.63, 3.8) is 0 Å². The maximum atomic E-state index is 11.7. The minimum absolute atomic E-state index is 0.148. The molecule has 1 saturated heterocycles. The first-order valence-electron chi connectivity index (χ1n) is 13.3. The summed E-state index contributed by atoms with van der Waals surface area (Å²) >= 11 is 12.6. The fourth-order valence-electron chi connectivity index (χ4n) is 4.73. The normalized spacial score (nSPS) is 14.0. The predicted octanol–water partition coefficient (Wildman–Crippen LogP) is 6.42. The van der Waals surface area contributed by atoms with Crippen molar-refractivity contribution in [1.29, 1.82) is 0 Å². The number of aromatic nitrogens is 4. The van der Waals surface area contributed by atoms with Crippen molar-refractivity contribution in [3.8, 4) is 22.9 Å². The molecule has 1 aliphatic rings. The molecule has 5 rings (SSSR count). The summed E-state index contributed by atoms with van der Waals surface area (Å²) in [4.78, 5) is 31.8. The first kappa shape index (κ1) is 28.7. The van der Waals surface area contributed by atoms with Gasteiger partial charge in [-0.25, -0.2) is 15.0 Å². The van der Waals surface area contributed by atoms with Gasteiger partial charge in [-0.15, -0.1) is 0 Å². The average Bonchev–Trinajstić information content (AvgIpc) is 2.98. The van der Waals surface area contributed by atoms with Gasteiger partial charge in [-0.1, -0.05) is 29.3 Å². The van der Waals surface area contributed by atoms with E-state index in [-0.39, 0.29) is 5.97 Å². The topological polar surface area (TPSA) is 102 Å². The van der Waals surface area contributed by atoms with Crippen molar-refractivity contribution in [1.82, 2.24) is 24.8 Å². The summed E-state index contributed by atoms with van der Waals surface area (Å²) in [5.74, 6) is 1.53. The standard InChI is InChI=1S/C30H30Cl2N6O3/c1-40-29(39)12-20-5-8-38(9-6-20)19-21-10-27(22-13-23(31)15-24(32)14-22)37-28(11-21)41-26-17-35-30(36-18-26)34-16-25-4-2-3-7-33-25/h2-4,7,10-11,13-15,17-18,20H,5-6,8-9,12,16,19H2,1H3,(H,34,35,36). The fraction of sp³-hybridized carbons (Fsp3) is 0.300. The van der Waals surface area contributed by atoms with Gasteiger partial charge in [-0.2, -0.15) is 0 Å². The van der Waals surface area contributed by atoms with E-state index in [0.717, 1.165) is 42.8 Å². The van der Waals surface area contributed by atoms with Crippen molar-refractivity contribution in [2.75, 3.05) is 25.5 Å². The Morgan fingerprint density at radius 1 is 1.02 bits per heavy atom. The van der Waals surface area contributed by atoms with Crippen LogP contribution in [0.1, 0.15) is 30.5 Å². The van der Waals surface area contributed by atoms with Crippen LogP contribution in [0.5, 0.6) is 11.6 Å². The molecule has 1 N–H and O–H groups in total. The minimum Gasteiger partial charge on any atom is -0.469 e. The first-order valence-corrected chi connectivity index (χ1v) is 14.1. The molecule has 0 atom stereocenters. The Kier molecular flexibility index (Phi) is 9.61. The highest BCUT2D eigenvalue weighted by Crippen LogP contribution is 2.31. The molecule has 1 aromatic carbocycles. The molecule has 1 fully saturated rings. The van der Waals surface area contributed by atoms with Crippen LogP contribution >= 0.6 is 23.2 Å². The van der Waals surface area contributed by atoms with Crippen molar-refractivity contribution >= 4 is 35.1 Å². The van der Waals surface area contributed by atoms with E-state index in [2.05, 4.69) is 25.2 Å². The van der Waals surface area contributed by atoms with Crippen LogP contribution in [0.3, 0.4) is 0 Å². The number of rotatable bonds is 10. The maximum absolute atomic E-state index is 11.7. The third-order valence-electron chi connectivity index (χ3n) is 6.82. The molecule has 9 nitrogen and oxygen atoms in total. The quantitative estimate of drug-likeness (QED) is 0.209. The second-order valence-corrected chi connectivity index (χ2v) is 10.7. The molecule has 11 heteroatoms. The number of piperidine rings is 1. The van der Waals surface area contributed by atoms with Crippen LogP contribution in [0.25, 0.3) is 11.3 Å². The maximum Gasteiger partial charge on any atom is 0.305 e. The van der Waals surface area contributed by atoms with E-state index in [9.17, 15) is 4.79 Å². The number of carbonyl (C=O) groups is 1. The Bertz CT molecular complexity index is 1450. The molecule has 0 spiro atoms. The monoisotopic (exact) mass is 592 g/mol. The summed E-state index contributed by atoms with van der Waals surface area (Å²) in [7, 11) is 1.44. The summed E-state index contributed by atoms with van der Waals surface area (Å²) in [6.45, 7) is 2.99. The van der Waals surface area contributed by atoms with Gasteiger partial charge >= 0.3 is 5.97 Å². The molecule has 41 heavy (non-hydrogen) atoms. The van der Waals surface area contributed by atoms with Crippen molar-refractivity contribution < 1.29 is 14.3 Å². The zero-order valence-corrected chi connectivity index (χ0v) is 24.1. The highest BCUT2D eigenvalue weighted by atomic mass is 35.5. The number of nitrogens with zero attached hydrogens (tertiary/aromatic N) is 5. The second kappa shape index (κ2) is 13.7. The lowest BCUT2D eigenvalue weighted by molar-refractivity contribution is -0.142. The zero-order chi connectivity index (χ0) is 28.6. The van der Waals surface area contributed by atoms with Gasteiger partial charge < -0.3 is 14.8 Å². The number of nitrogens with one attached hydrogen (secondary N) is 1. The molecule has 4 aromatic rings. The molecular formula is C30H30Cl2N6O3. The molecule has 3 aromatic heterocycles. The summed E-state index contributed by atoms with van der Waals surface area (Å²) in [5, 5.41) is 4.20. The van der Waals surface area contributed by atoms with Crippen LogP contribution in [0.4, 0.5) is 5.95 Å². The van der Waals surface area contributed by atoms with E-state index in [1.165, 1.54) is 7.11 Å². The first-order chi connectivity index (χ1) is 19.9. The Labute approximate surface area is 248 Å². The number of halogens is 2. The number of carbonyl (C=O) groups excluding carboxylic acids is 1. The van der Waals surface area contributed by atoms with Crippen LogP contribution in [0.2, 0.25) is 10.0 Å². The third kappa shape index (κ3) is 8.36. The van der Waals surface area contributed by atoms with Gasteiger partial charge in [-0.05, 0) is 73.8 Å². The number of anilines is 1. The van der Waals surface area contributed by atoms with E-state index in [1.807, 2.05) is 42.5 Å². The van der Waals surface area contributed by atoms with Gasteiger partial charge in [0.2, 0.25) is 11.8 Å². The number of likely N-dealkylation sites (tertiary alicyclic amines) is 1. The van der Waals surface area contributed by atoms with Crippen molar-refractivity contribution in [2.45, 2.75) is 32.4 Å². The van der Waals surface area contributed by atoms with E-state index in [0.29, 0.717) is 58.7 Å². The van der Waals surface area contributed by atoms with Crippen LogP contribution in [0.15, 0.2) is 67.1 Å². The average molecular weight is 594 g/mol. The summed E-state index contributed by atoms with van der Waals surface area (Å²) in [6, 6.07) is 15.0. The highest BCUT2D eigenvalue weighted by Gasteiger charge is 2.22. The van der Waals surface area contributed by atoms with Crippen LogP contribution < -0.4 is 10.1 Å². The molecule has 0 unspecified atom stereocenters. The fourth-order valence-corrected chi connectivity index (χ4v) is 5.26. The minimum atomic E-state index is -0.148. The van der Waals surface area contributed by atoms with Crippen LogP contribution in [-0.4, -0.2) is 51.0 Å². The number of hydrogen-bond donors (Lipinski definition) is 1. The molecule has 212 valence electrons. The molecule has 0 aliphatic carbocycles. The molecule has 4 heterocycles. The smallest absolute Gasteiger partial charge is 0.305 e. The molecule has 0 radical (unpaired) electrons. The number of hydrogen-bond acceptors (Lipinski definition) is 9. The van der Waals surface area contributed by atoms with E-state index in [1.54, 1.807) is 24.7 Å². The van der Waals surface area contributed by atoms with Crippen LogP contribution in [0, 0.1) is 5.92 Å². The summed E-state index contributed by atoms with van der Waals surface area (Å²) < 4.78 is 10.9. The number of ether oxygens (including phenoxy) is 2. The molecule has 0 amide bonds. The van der Waals surface area contributed by atoms with Gasteiger partial charge in [0.05, 0.1) is 37.4 Å². The molecule has 0 bridgehead atoms. The van der Waals surface area contributed by atoms with E-state index >= 15 is 0 Å². The highest BCUT2D eigenvalue weighted by molar-refractivity contribution is 6.35. The Morgan fingerprint density at radius 3 is 2.46 bits per heavy atom. The zero-order valence-electron chi connectivity index (χ0n) is 22.6. The number of methoxy groups -OCH3 is 1. The number of benzene rings is 1. The van der Waals surface area contributed by atoms with E-state index < -0.39 is 0 Å². The lowest BCUT2D eigenvalue weighted by Crippen LogP contribution is -2.34. The Balaban J connectivity index is 1.31. The molecule has 0 saturated carbocycles. The second-order valence-electron chi connectivity index (χ2n) is 9.88. The Morgan fingerprint density at radius 2 is 1.78 bits per heavy atom. The summed E-state index contributed by atoms with van der Waals surface area (Å²) in [5.41, 5.74) is 3.40. The number of pyridine rings is 2. The third-order valence-corrected chi connectivity index (χ3v) is 7.26. The van der Waals surface area contributed by atoms with Gasteiger partial charge in [-0.3, -0.25) is 14.7 Å². The van der Waals surface area contributed by atoms with Crippen LogP contribution in [-0.2, 0) is 22.6 Å². The van der Waals surface area contributed by atoms with Crippen molar-refractivity contribution in [3.05, 3.63) is 88.4 Å².